The summed E-state index contributed by atoms with van der Waals surface area (Å²) in [6.07, 6.45) is 3.87. The van der Waals surface area contributed by atoms with Crippen molar-refractivity contribution >= 4 is 22.8 Å². The summed E-state index contributed by atoms with van der Waals surface area (Å²) < 4.78 is 5.64. The van der Waals surface area contributed by atoms with Crippen LogP contribution in [0.3, 0.4) is 0 Å². The molecule has 3 atom stereocenters. The van der Waals surface area contributed by atoms with E-state index in [9.17, 15) is 9.59 Å². The van der Waals surface area contributed by atoms with Gasteiger partial charge in [0.05, 0.1) is 0 Å². The van der Waals surface area contributed by atoms with Crippen LogP contribution >= 0.6 is 0 Å². The van der Waals surface area contributed by atoms with Crippen LogP contribution in [0.5, 0.6) is 0 Å². The third kappa shape index (κ3) is 2.78. The Hall–Kier alpha value is -2.41. The van der Waals surface area contributed by atoms with Crippen LogP contribution in [0.1, 0.15) is 33.9 Å². The van der Waals surface area contributed by atoms with Gasteiger partial charge in [-0.2, -0.15) is 0 Å². The largest absolute Gasteiger partial charge is 0.451 e. The number of amides is 2. The molecule has 1 N–H and O–H groups in total. The molecule has 1 unspecified atom stereocenters. The number of hydrogen-bond donors (Lipinski definition) is 1. The van der Waals surface area contributed by atoms with Gasteiger partial charge in [0.2, 0.25) is 0 Å². The first-order valence-electron chi connectivity index (χ1n) is 8.88. The molecule has 130 valence electrons. The van der Waals surface area contributed by atoms with Crippen molar-refractivity contribution < 1.29 is 14.0 Å². The van der Waals surface area contributed by atoms with Crippen LogP contribution in [0.4, 0.5) is 0 Å². The average molecular weight is 340 g/mol. The zero-order valence-electron chi connectivity index (χ0n) is 13.9. The van der Waals surface area contributed by atoms with E-state index in [4.69, 9.17) is 4.42 Å². The molecule has 3 aliphatic heterocycles. The minimum atomic E-state index is -0.176. The Labute approximate surface area is 145 Å². The molecular weight excluding hydrogens is 320 g/mol. The van der Waals surface area contributed by atoms with Gasteiger partial charge in [-0.25, -0.2) is 0 Å². The maximum Gasteiger partial charge on any atom is 0.289 e. The highest BCUT2D eigenvalue weighted by Gasteiger charge is 2.33. The van der Waals surface area contributed by atoms with Crippen LogP contribution < -0.4 is 5.32 Å². The smallest absolute Gasteiger partial charge is 0.289 e. The first kappa shape index (κ1) is 14.9. The molecule has 2 amide bonds. The van der Waals surface area contributed by atoms with Crippen molar-refractivity contribution in [3.8, 4) is 0 Å². The second-order valence-electron chi connectivity index (χ2n) is 7.33. The van der Waals surface area contributed by atoms with E-state index in [-0.39, 0.29) is 17.9 Å². The number of carbonyl (C=O) groups excluding carboxylic acids is 2. The summed E-state index contributed by atoms with van der Waals surface area (Å²) in [6, 6.07) is 3.50. The molecule has 3 saturated heterocycles. The Morgan fingerprint density at radius 2 is 2.08 bits per heavy atom. The van der Waals surface area contributed by atoms with E-state index in [0.717, 1.165) is 44.5 Å². The summed E-state index contributed by atoms with van der Waals surface area (Å²) >= 11 is 0. The predicted octanol–water partition coefficient (Wildman–Crippen LogP) is 1.11. The van der Waals surface area contributed by atoms with E-state index in [1.165, 1.54) is 6.42 Å². The number of aromatic nitrogens is 1. The van der Waals surface area contributed by atoms with Crippen molar-refractivity contribution in [2.75, 3.05) is 32.7 Å². The van der Waals surface area contributed by atoms with Crippen molar-refractivity contribution in [3.63, 3.8) is 0 Å². The molecular formula is C18H20N4O3. The van der Waals surface area contributed by atoms with Crippen molar-refractivity contribution in [3.05, 3.63) is 29.8 Å². The van der Waals surface area contributed by atoms with Gasteiger partial charge in [0.1, 0.15) is 11.3 Å². The van der Waals surface area contributed by atoms with E-state index in [0.29, 0.717) is 23.0 Å². The Morgan fingerprint density at radius 1 is 1.20 bits per heavy atom. The molecule has 5 heterocycles. The van der Waals surface area contributed by atoms with Crippen molar-refractivity contribution in [1.82, 2.24) is 20.1 Å². The molecule has 0 radical (unpaired) electrons. The molecule has 5 rings (SSSR count). The second-order valence-corrected chi connectivity index (χ2v) is 7.33. The lowest BCUT2D eigenvalue weighted by molar-refractivity contribution is 0.0857. The fourth-order valence-electron chi connectivity index (χ4n) is 4.00. The number of hydrogen-bond acceptors (Lipinski definition) is 5. The molecule has 0 aliphatic carbocycles. The van der Waals surface area contributed by atoms with Crippen LogP contribution in [-0.2, 0) is 0 Å². The number of piperidine rings is 1. The Morgan fingerprint density at radius 3 is 2.88 bits per heavy atom. The van der Waals surface area contributed by atoms with Crippen LogP contribution in [0.15, 0.2) is 22.7 Å². The standard InChI is InChI=1S/C18H20N4O3/c23-17(20-13-5-11-1-2-21(9-11)10-13)14-7-15-12(8-19-14)6-16(25-15)18(24)22-3-4-22/h6-8,11,13H,1-5,9-10H2,(H,20,23)/t11-,13+/m0/s1. The van der Waals surface area contributed by atoms with Crippen LogP contribution in [0, 0.1) is 5.92 Å². The van der Waals surface area contributed by atoms with Gasteiger partial charge in [-0.3, -0.25) is 14.6 Å². The molecule has 0 saturated carbocycles. The molecule has 3 fully saturated rings. The lowest BCUT2D eigenvalue weighted by Gasteiger charge is -2.30. The van der Waals surface area contributed by atoms with Crippen molar-refractivity contribution in [1.29, 1.82) is 0 Å². The topological polar surface area (TPSA) is 78.5 Å². The van der Waals surface area contributed by atoms with Crippen LogP contribution in [0.2, 0.25) is 0 Å². The number of pyridine rings is 1. The van der Waals surface area contributed by atoms with Gasteiger partial charge in [-0.15, -0.1) is 0 Å². The van der Waals surface area contributed by atoms with Gasteiger partial charge < -0.3 is 19.5 Å². The summed E-state index contributed by atoms with van der Waals surface area (Å²) in [5.74, 6) is 0.729. The predicted molar refractivity (Wildman–Crippen MR) is 90.3 cm³/mol. The molecule has 2 aromatic heterocycles. The first-order valence-corrected chi connectivity index (χ1v) is 8.88. The van der Waals surface area contributed by atoms with E-state index < -0.39 is 0 Å². The highest BCUT2D eigenvalue weighted by molar-refractivity contribution is 5.99. The number of fused-ring (bicyclic) bond motifs is 3. The van der Waals surface area contributed by atoms with Gasteiger partial charge in [-0.1, -0.05) is 0 Å². The summed E-state index contributed by atoms with van der Waals surface area (Å²) in [5, 5.41) is 3.84. The van der Waals surface area contributed by atoms with E-state index in [1.807, 2.05) is 0 Å². The lowest BCUT2D eigenvalue weighted by Crippen LogP contribution is -2.47. The number of nitrogens with zero attached hydrogens (tertiary/aromatic N) is 3. The van der Waals surface area contributed by atoms with Gasteiger partial charge >= 0.3 is 0 Å². The van der Waals surface area contributed by atoms with Gasteiger partial charge in [-0.05, 0) is 31.4 Å². The van der Waals surface area contributed by atoms with Crippen molar-refractivity contribution in [2.45, 2.75) is 18.9 Å². The fourth-order valence-corrected chi connectivity index (χ4v) is 4.00. The fraction of sp³-hybridized carbons (Fsp3) is 0.500. The minimum absolute atomic E-state index is 0.103. The van der Waals surface area contributed by atoms with Crippen molar-refractivity contribution in [2.24, 2.45) is 5.92 Å². The SMILES string of the molecule is O=C(N[C@@H]1C[C@@H]2CCN(C2)C1)c1cc2oc(C(=O)N3CC3)cc2cn1. The van der Waals surface area contributed by atoms with Gasteiger partial charge in [0, 0.05) is 49.9 Å². The lowest BCUT2D eigenvalue weighted by atomic mass is 9.97. The zero-order valence-corrected chi connectivity index (χ0v) is 13.9. The molecule has 2 bridgehead atoms. The molecule has 0 aromatic carbocycles. The van der Waals surface area contributed by atoms with E-state index in [1.54, 1.807) is 23.2 Å². The Bertz CT molecular complexity index is 845. The maximum absolute atomic E-state index is 12.5. The van der Waals surface area contributed by atoms with E-state index in [2.05, 4.69) is 15.2 Å². The molecule has 2 aromatic rings. The maximum atomic E-state index is 12.5. The summed E-state index contributed by atoms with van der Waals surface area (Å²) in [6.45, 7) is 4.78. The number of rotatable bonds is 3. The Balaban J connectivity index is 1.33. The molecule has 25 heavy (non-hydrogen) atoms. The quantitative estimate of drug-likeness (QED) is 0.847. The normalized spacial score (nSPS) is 27.5. The second kappa shape index (κ2) is 5.56. The summed E-state index contributed by atoms with van der Waals surface area (Å²) in [5.41, 5.74) is 0.860. The number of furan rings is 1. The zero-order chi connectivity index (χ0) is 17.0. The summed E-state index contributed by atoms with van der Waals surface area (Å²) in [7, 11) is 0. The monoisotopic (exact) mass is 340 g/mol. The third-order valence-corrected chi connectivity index (χ3v) is 5.38. The highest BCUT2D eigenvalue weighted by atomic mass is 16.3. The molecule has 3 aliphatic rings. The minimum Gasteiger partial charge on any atom is -0.451 e. The van der Waals surface area contributed by atoms with E-state index >= 15 is 0 Å². The number of carbonyl (C=O) groups is 2. The van der Waals surface area contributed by atoms with Gasteiger partial charge in [0.15, 0.2) is 5.76 Å². The molecule has 0 spiro atoms. The first-order chi connectivity index (χ1) is 12.2. The third-order valence-electron chi connectivity index (χ3n) is 5.38. The van der Waals surface area contributed by atoms with Gasteiger partial charge in [0.25, 0.3) is 11.8 Å². The molecule has 7 nitrogen and oxygen atoms in total. The average Bonchev–Trinajstić information content (AvgIpc) is 3.28. The highest BCUT2D eigenvalue weighted by Crippen LogP contribution is 2.27. The summed E-state index contributed by atoms with van der Waals surface area (Å²) in [4.78, 5) is 33.0. The van der Waals surface area contributed by atoms with Crippen LogP contribution in [-0.4, -0.2) is 65.4 Å². The van der Waals surface area contributed by atoms with Crippen LogP contribution in [0.25, 0.3) is 11.0 Å². The molecule has 7 heteroatoms. The Kier molecular flexibility index (Phi) is 3.31. The number of nitrogens with one attached hydrogen (secondary N) is 1.